The molecule has 0 aliphatic rings. The van der Waals surface area contributed by atoms with E-state index in [1.807, 2.05) is 43.3 Å². The van der Waals surface area contributed by atoms with Crippen molar-refractivity contribution in [3.8, 4) is 6.07 Å². The summed E-state index contributed by atoms with van der Waals surface area (Å²) in [7, 11) is 0. The van der Waals surface area contributed by atoms with E-state index in [2.05, 4.69) is 13.0 Å². The second kappa shape index (κ2) is 5.81. The Hall–Kier alpha value is -1.92. The zero-order chi connectivity index (χ0) is 13.8. The van der Waals surface area contributed by atoms with Crippen LogP contribution < -0.4 is 0 Å². The predicted octanol–water partition coefficient (Wildman–Crippen LogP) is 4.11. The van der Waals surface area contributed by atoms with Crippen LogP contribution in [0.2, 0.25) is 0 Å². The SMILES string of the molecule is CCc1ccc(C(=O)C(C#N)c2ccc(C)cc2)s1. The minimum absolute atomic E-state index is 0.101. The summed E-state index contributed by atoms with van der Waals surface area (Å²) in [5, 5.41) is 9.28. The first-order valence-electron chi connectivity index (χ1n) is 6.24. The first-order valence-corrected chi connectivity index (χ1v) is 7.06. The van der Waals surface area contributed by atoms with Gasteiger partial charge in [-0.25, -0.2) is 0 Å². The lowest BCUT2D eigenvalue weighted by Gasteiger charge is -2.07. The summed E-state index contributed by atoms with van der Waals surface area (Å²) in [4.78, 5) is 14.2. The standard InChI is InChI=1S/C16H15NOS/c1-3-13-8-9-15(19-13)16(18)14(10-17)12-6-4-11(2)5-7-12/h4-9,14H,3H2,1-2H3. The molecule has 0 aliphatic heterocycles. The Morgan fingerprint density at radius 1 is 1.26 bits per heavy atom. The molecule has 96 valence electrons. The Kier molecular flexibility index (Phi) is 4.13. The smallest absolute Gasteiger partial charge is 0.194 e. The molecule has 19 heavy (non-hydrogen) atoms. The highest BCUT2D eigenvalue weighted by Gasteiger charge is 2.22. The zero-order valence-corrected chi connectivity index (χ0v) is 11.8. The van der Waals surface area contributed by atoms with E-state index in [9.17, 15) is 10.1 Å². The third-order valence-electron chi connectivity index (χ3n) is 3.05. The first-order chi connectivity index (χ1) is 9.15. The van der Waals surface area contributed by atoms with Gasteiger partial charge in [0, 0.05) is 4.88 Å². The maximum Gasteiger partial charge on any atom is 0.194 e. The molecule has 1 aromatic carbocycles. The fraction of sp³-hybridized carbons (Fsp3) is 0.250. The van der Waals surface area contributed by atoms with Crippen molar-refractivity contribution >= 4 is 17.1 Å². The molecule has 3 heteroatoms. The molecule has 0 aliphatic carbocycles. The number of carbonyl (C=O) groups is 1. The number of benzene rings is 1. The molecule has 0 saturated carbocycles. The van der Waals surface area contributed by atoms with Crippen molar-refractivity contribution in [1.82, 2.24) is 0 Å². The second-order valence-corrected chi connectivity index (χ2v) is 5.62. The van der Waals surface area contributed by atoms with Gasteiger partial charge in [-0.1, -0.05) is 36.8 Å². The zero-order valence-electron chi connectivity index (χ0n) is 11.0. The number of nitriles is 1. The van der Waals surface area contributed by atoms with Gasteiger partial charge in [0.15, 0.2) is 5.78 Å². The molecule has 1 aromatic heterocycles. The van der Waals surface area contributed by atoms with Crippen molar-refractivity contribution in [2.75, 3.05) is 0 Å². The van der Waals surface area contributed by atoms with Crippen LogP contribution in [0.4, 0.5) is 0 Å². The van der Waals surface area contributed by atoms with Crippen LogP contribution in [0.15, 0.2) is 36.4 Å². The van der Waals surface area contributed by atoms with Gasteiger partial charge in [-0.05, 0) is 31.0 Å². The van der Waals surface area contributed by atoms with Crippen LogP contribution in [0, 0.1) is 18.3 Å². The molecular weight excluding hydrogens is 254 g/mol. The number of ketones is 1. The minimum atomic E-state index is -0.705. The number of nitrogens with zero attached hydrogens (tertiary/aromatic N) is 1. The molecule has 0 N–H and O–H groups in total. The summed E-state index contributed by atoms with van der Waals surface area (Å²) >= 11 is 1.48. The number of hydrogen-bond acceptors (Lipinski definition) is 3. The maximum atomic E-state index is 12.4. The Labute approximate surface area is 117 Å². The van der Waals surface area contributed by atoms with Crippen LogP contribution in [0.5, 0.6) is 0 Å². The van der Waals surface area contributed by atoms with E-state index in [4.69, 9.17) is 0 Å². The first kappa shape index (κ1) is 13.5. The van der Waals surface area contributed by atoms with Gasteiger partial charge in [0.1, 0.15) is 5.92 Å². The van der Waals surface area contributed by atoms with Gasteiger partial charge in [0.05, 0.1) is 10.9 Å². The van der Waals surface area contributed by atoms with Crippen molar-refractivity contribution in [1.29, 1.82) is 5.26 Å². The molecule has 2 rings (SSSR count). The van der Waals surface area contributed by atoms with Gasteiger partial charge in [-0.2, -0.15) is 5.26 Å². The van der Waals surface area contributed by atoms with E-state index in [1.165, 1.54) is 16.2 Å². The van der Waals surface area contributed by atoms with Crippen molar-refractivity contribution in [2.24, 2.45) is 0 Å². The highest BCUT2D eigenvalue weighted by Crippen LogP contribution is 2.25. The van der Waals surface area contributed by atoms with Gasteiger partial charge >= 0.3 is 0 Å². The quantitative estimate of drug-likeness (QED) is 0.784. The van der Waals surface area contributed by atoms with Gasteiger partial charge in [0.25, 0.3) is 0 Å². The Balaban J connectivity index is 2.29. The van der Waals surface area contributed by atoms with E-state index in [-0.39, 0.29) is 5.78 Å². The lowest BCUT2D eigenvalue weighted by Crippen LogP contribution is -2.09. The number of Topliss-reactive ketones (excluding diaryl/α,β-unsaturated/α-hetero) is 1. The molecule has 0 amide bonds. The second-order valence-electron chi connectivity index (χ2n) is 4.46. The molecule has 0 bridgehead atoms. The lowest BCUT2D eigenvalue weighted by atomic mass is 9.94. The average Bonchev–Trinajstić information content (AvgIpc) is 2.90. The van der Waals surface area contributed by atoms with Crippen LogP contribution in [0.3, 0.4) is 0 Å². The van der Waals surface area contributed by atoms with E-state index in [0.717, 1.165) is 17.5 Å². The maximum absolute atomic E-state index is 12.4. The molecular formula is C16H15NOS. The summed E-state index contributed by atoms with van der Waals surface area (Å²) in [6.07, 6.45) is 0.916. The molecule has 2 aromatic rings. The van der Waals surface area contributed by atoms with Crippen LogP contribution >= 0.6 is 11.3 Å². The van der Waals surface area contributed by atoms with Gasteiger partial charge in [-0.3, -0.25) is 4.79 Å². The van der Waals surface area contributed by atoms with Crippen LogP contribution in [-0.2, 0) is 6.42 Å². The monoisotopic (exact) mass is 269 g/mol. The minimum Gasteiger partial charge on any atom is -0.291 e. The molecule has 1 atom stereocenters. The fourth-order valence-corrected chi connectivity index (χ4v) is 2.80. The summed E-state index contributed by atoms with van der Waals surface area (Å²) in [6.45, 7) is 4.04. The topological polar surface area (TPSA) is 40.9 Å². The van der Waals surface area contributed by atoms with E-state index in [0.29, 0.717) is 4.88 Å². The third-order valence-corrected chi connectivity index (χ3v) is 4.30. The van der Waals surface area contributed by atoms with Gasteiger partial charge in [0.2, 0.25) is 0 Å². The van der Waals surface area contributed by atoms with Gasteiger partial charge < -0.3 is 0 Å². The molecule has 0 fully saturated rings. The molecule has 1 unspecified atom stereocenters. The predicted molar refractivity (Wildman–Crippen MR) is 77.6 cm³/mol. The highest BCUT2D eigenvalue weighted by atomic mass is 32.1. The molecule has 0 saturated heterocycles. The largest absolute Gasteiger partial charge is 0.291 e. The Morgan fingerprint density at radius 2 is 1.95 bits per heavy atom. The third kappa shape index (κ3) is 2.91. The summed E-state index contributed by atoms with van der Waals surface area (Å²) in [5.41, 5.74) is 1.89. The Morgan fingerprint density at radius 3 is 2.47 bits per heavy atom. The van der Waals surface area contributed by atoms with E-state index >= 15 is 0 Å². The molecule has 2 nitrogen and oxygen atoms in total. The van der Waals surface area contributed by atoms with Crippen molar-refractivity contribution < 1.29 is 4.79 Å². The van der Waals surface area contributed by atoms with Crippen molar-refractivity contribution in [2.45, 2.75) is 26.2 Å². The Bertz CT molecular complexity index is 619. The van der Waals surface area contributed by atoms with E-state index in [1.54, 1.807) is 0 Å². The van der Waals surface area contributed by atoms with Crippen LogP contribution in [-0.4, -0.2) is 5.78 Å². The van der Waals surface area contributed by atoms with Crippen molar-refractivity contribution in [3.63, 3.8) is 0 Å². The number of aryl methyl sites for hydroxylation is 2. The summed E-state index contributed by atoms with van der Waals surface area (Å²) < 4.78 is 0. The average molecular weight is 269 g/mol. The van der Waals surface area contributed by atoms with Crippen LogP contribution in [0.1, 0.15) is 38.5 Å². The number of carbonyl (C=O) groups excluding carboxylic acids is 1. The van der Waals surface area contributed by atoms with Crippen molar-refractivity contribution in [3.05, 3.63) is 57.3 Å². The lowest BCUT2D eigenvalue weighted by molar-refractivity contribution is 0.0983. The summed E-state index contributed by atoms with van der Waals surface area (Å²) in [5.74, 6) is -0.806. The van der Waals surface area contributed by atoms with E-state index < -0.39 is 5.92 Å². The fourth-order valence-electron chi connectivity index (χ4n) is 1.89. The number of rotatable bonds is 4. The number of hydrogen-bond donors (Lipinski definition) is 0. The van der Waals surface area contributed by atoms with Crippen LogP contribution in [0.25, 0.3) is 0 Å². The molecule has 0 radical (unpaired) electrons. The highest BCUT2D eigenvalue weighted by molar-refractivity contribution is 7.14. The molecule has 1 heterocycles. The van der Waals surface area contributed by atoms with Gasteiger partial charge in [-0.15, -0.1) is 11.3 Å². The normalized spacial score (nSPS) is 11.8. The summed E-state index contributed by atoms with van der Waals surface area (Å²) in [6, 6.07) is 13.5. The number of thiophene rings is 1. The molecule has 0 spiro atoms.